The van der Waals surface area contributed by atoms with Crippen molar-refractivity contribution in [3.05, 3.63) is 0 Å². The molecule has 0 heterocycles. The fraction of sp³-hybridized carbons (Fsp3) is 0.950. The first-order valence-electron chi connectivity index (χ1n) is 20.9. The molecular formula is C40H81NO9P+. The Morgan fingerprint density at radius 2 is 0.980 bits per heavy atom. The Morgan fingerprint density at radius 1 is 0.608 bits per heavy atom. The molecule has 11 heteroatoms. The number of carbonyl (C=O) groups is 2. The minimum Gasteiger partial charge on any atom is -0.462 e. The molecule has 2 unspecified atom stereocenters. The summed E-state index contributed by atoms with van der Waals surface area (Å²) in [5, 5.41) is 18.5. The highest BCUT2D eigenvalue weighted by atomic mass is 31.2. The second-order valence-electron chi connectivity index (χ2n) is 15.3. The lowest BCUT2D eigenvalue weighted by Crippen LogP contribution is -2.49. The van der Waals surface area contributed by atoms with Crippen LogP contribution in [-0.2, 0) is 28.2 Å². The lowest BCUT2D eigenvalue weighted by atomic mass is 10.0. The van der Waals surface area contributed by atoms with Crippen LogP contribution in [0.4, 0.5) is 0 Å². The van der Waals surface area contributed by atoms with Crippen LogP contribution in [0, 0.1) is 0 Å². The number of nitrogens with zero attached hydrogens (tertiary/aromatic N) is 1. The van der Waals surface area contributed by atoms with Gasteiger partial charge < -0.3 is 33.6 Å². The highest BCUT2D eigenvalue weighted by Gasteiger charge is 2.42. The normalized spacial score (nSPS) is 14.4. The topological polar surface area (TPSA) is 140 Å². The van der Waals surface area contributed by atoms with Crippen molar-refractivity contribution in [3.8, 4) is 0 Å². The second kappa shape index (κ2) is 32.4. The van der Waals surface area contributed by atoms with E-state index in [1.54, 1.807) is 21.0 Å². The molecule has 0 bridgehead atoms. The van der Waals surface area contributed by atoms with E-state index in [9.17, 15) is 29.3 Å². The Balaban J connectivity index is 4.65. The number of unbranched alkanes of at least 4 members (excludes halogenated alkanes) is 22. The first-order valence-corrected chi connectivity index (χ1v) is 22.5. The predicted molar refractivity (Wildman–Crippen MR) is 207 cm³/mol. The van der Waals surface area contributed by atoms with Crippen LogP contribution in [0.2, 0.25) is 0 Å². The molecule has 0 aliphatic carbocycles. The number of hydrogen-bond donors (Lipinski definition) is 3. The maximum absolute atomic E-state index is 13.2. The van der Waals surface area contributed by atoms with E-state index in [4.69, 9.17) is 14.0 Å². The fourth-order valence-corrected chi connectivity index (χ4v) is 7.67. The van der Waals surface area contributed by atoms with E-state index in [2.05, 4.69) is 13.8 Å². The Hall–Kier alpha value is -1.03. The van der Waals surface area contributed by atoms with Gasteiger partial charge in [0.15, 0.2) is 18.2 Å². The Kier molecular flexibility index (Phi) is 31.8. The summed E-state index contributed by atoms with van der Waals surface area (Å²) in [6, 6.07) is 0. The molecule has 0 rings (SSSR count). The van der Waals surface area contributed by atoms with Gasteiger partial charge in [-0.15, -0.1) is 0 Å². The SMILES string of the molecule is CCCCCCCCCCCCCCCCCC(=O)O[C@H](COC(=O)CCCCCCCCCCC)COP(=O)(O)C(C)[N+](C)(C)CCC(O)O. The Bertz CT molecular complexity index is 886. The first kappa shape index (κ1) is 50.0. The van der Waals surface area contributed by atoms with Crippen molar-refractivity contribution < 1.29 is 47.7 Å². The molecule has 0 saturated heterocycles. The summed E-state index contributed by atoms with van der Waals surface area (Å²) in [6.07, 6.45) is 26.7. The summed E-state index contributed by atoms with van der Waals surface area (Å²) < 4.78 is 29.8. The quantitative estimate of drug-likeness (QED) is 0.0186. The molecule has 51 heavy (non-hydrogen) atoms. The molecule has 0 aliphatic rings. The molecule has 304 valence electrons. The molecule has 3 atom stereocenters. The number of quaternary nitrogens is 1. The number of hydrogen-bond acceptors (Lipinski definition) is 8. The third-order valence-electron chi connectivity index (χ3n) is 10.1. The lowest BCUT2D eigenvalue weighted by Gasteiger charge is -2.37. The molecule has 0 saturated carbocycles. The van der Waals surface area contributed by atoms with E-state index in [0.717, 1.165) is 38.5 Å². The summed E-state index contributed by atoms with van der Waals surface area (Å²) in [6.45, 7) is 5.63. The van der Waals surface area contributed by atoms with Crippen LogP contribution in [0.5, 0.6) is 0 Å². The van der Waals surface area contributed by atoms with Crippen molar-refractivity contribution in [2.75, 3.05) is 33.9 Å². The first-order chi connectivity index (χ1) is 24.4. The van der Waals surface area contributed by atoms with E-state index in [1.807, 2.05) is 0 Å². The van der Waals surface area contributed by atoms with Crippen LogP contribution < -0.4 is 0 Å². The molecule has 0 fully saturated rings. The molecule has 3 N–H and O–H groups in total. The number of carbonyl (C=O) groups excluding carboxylic acids is 2. The summed E-state index contributed by atoms with van der Waals surface area (Å²) in [5.74, 6) is -1.72. The van der Waals surface area contributed by atoms with Gasteiger partial charge >= 0.3 is 19.5 Å². The van der Waals surface area contributed by atoms with Crippen LogP contribution >= 0.6 is 7.60 Å². The lowest BCUT2D eigenvalue weighted by molar-refractivity contribution is -0.901. The molecule has 0 amide bonds. The van der Waals surface area contributed by atoms with Crippen LogP contribution in [0.3, 0.4) is 0 Å². The Labute approximate surface area is 312 Å². The van der Waals surface area contributed by atoms with Crippen LogP contribution in [0.1, 0.15) is 194 Å². The van der Waals surface area contributed by atoms with Crippen molar-refractivity contribution in [3.63, 3.8) is 0 Å². The third kappa shape index (κ3) is 30.0. The number of rotatable bonds is 37. The third-order valence-corrected chi connectivity index (χ3v) is 12.2. The molecular weight excluding hydrogens is 669 g/mol. The largest absolute Gasteiger partial charge is 0.462 e. The van der Waals surface area contributed by atoms with Crippen molar-refractivity contribution in [2.24, 2.45) is 0 Å². The van der Waals surface area contributed by atoms with Gasteiger partial charge in [-0.05, 0) is 19.8 Å². The van der Waals surface area contributed by atoms with Gasteiger partial charge in [0.25, 0.3) is 0 Å². The van der Waals surface area contributed by atoms with Crippen molar-refractivity contribution in [1.82, 2.24) is 0 Å². The zero-order valence-electron chi connectivity index (χ0n) is 33.6. The number of ether oxygens (including phenoxy) is 2. The standard InChI is InChI=1S/C40H80NO9P/c1-6-8-10-12-14-16-17-18-19-20-21-23-25-27-29-31-40(45)50-37(34-48-39(44)30-28-26-24-22-15-13-11-9-7-2)35-49-51(46,47)36(3)41(4,5)33-32-38(42)43/h36-38,42-43H,6-35H2,1-5H3/p+1/t36?,37-/m1/s1. The Morgan fingerprint density at radius 3 is 1.37 bits per heavy atom. The summed E-state index contributed by atoms with van der Waals surface area (Å²) in [5.41, 5.74) is 0. The summed E-state index contributed by atoms with van der Waals surface area (Å²) in [7, 11) is -0.803. The van der Waals surface area contributed by atoms with Gasteiger partial charge in [-0.1, -0.05) is 155 Å². The van der Waals surface area contributed by atoms with Gasteiger partial charge in [0.2, 0.25) is 0 Å². The zero-order chi connectivity index (χ0) is 38.2. The summed E-state index contributed by atoms with van der Waals surface area (Å²) >= 11 is 0. The van der Waals surface area contributed by atoms with E-state index in [0.29, 0.717) is 6.42 Å². The summed E-state index contributed by atoms with van der Waals surface area (Å²) in [4.78, 5) is 36.0. The van der Waals surface area contributed by atoms with Crippen LogP contribution in [-0.4, -0.2) is 83.6 Å². The van der Waals surface area contributed by atoms with Crippen molar-refractivity contribution in [1.29, 1.82) is 0 Å². The second-order valence-corrected chi connectivity index (χ2v) is 17.5. The van der Waals surface area contributed by atoms with E-state index in [1.165, 1.54) is 109 Å². The molecule has 0 aliphatic heterocycles. The average Bonchev–Trinajstić information content (AvgIpc) is 3.09. The number of esters is 2. The highest BCUT2D eigenvalue weighted by molar-refractivity contribution is 7.53. The van der Waals surface area contributed by atoms with Crippen LogP contribution in [0.15, 0.2) is 0 Å². The van der Waals surface area contributed by atoms with Gasteiger partial charge in [0.05, 0.1) is 27.2 Å². The number of aliphatic hydroxyl groups excluding tert-OH is 1. The van der Waals surface area contributed by atoms with Crippen molar-refractivity contribution >= 4 is 19.5 Å². The van der Waals surface area contributed by atoms with E-state index >= 15 is 0 Å². The van der Waals surface area contributed by atoms with Crippen molar-refractivity contribution in [2.45, 2.75) is 212 Å². The molecule has 0 radical (unpaired) electrons. The average molecular weight is 751 g/mol. The van der Waals surface area contributed by atoms with Gasteiger partial charge in [0.1, 0.15) is 6.61 Å². The van der Waals surface area contributed by atoms with Gasteiger partial charge in [-0.3, -0.25) is 14.2 Å². The van der Waals surface area contributed by atoms with Crippen LogP contribution in [0.25, 0.3) is 0 Å². The molecule has 0 aromatic heterocycles. The molecule has 0 aromatic carbocycles. The smallest absolute Gasteiger partial charge is 0.384 e. The molecule has 0 aromatic rings. The van der Waals surface area contributed by atoms with Gasteiger partial charge in [-0.25, -0.2) is 0 Å². The fourth-order valence-electron chi connectivity index (χ4n) is 6.17. The van der Waals surface area contributed by atoms with Gasteiger partial charge in [0, 0.05) is 19.3 Å². The minimum absolute atomic E-state index is 0.0166. The maximum atomic E-state index is 13.2. The monoisotopic (exact) mass is 751 g/mol. The predicted octanol–water partition coefficient (Wildman–Crippen LogP) is 9.95. The highest BCUT2D eigenvalue weighted by Crippen LogP contribution is 2.50. The molecule has 10 nitrogen and oxygen atoms in total. The molecule has 0 spiro atoms. The van der Waals surface area contributed by atoms with E-state index in [-0.39, 0.29) is 42.9 Å². The zero-order valence-corrected chi connectivity index (χ0v) is 34.5. The van der Waals surface area contributed by atoms with Gasteiger partial charge in [-0.2, -0.15) is 0 Å². The maximum Gasteiger partial charge on any atom is 0.384 e. The van der Waals surface area contributed by atoms with E-state index < -0.39 is 38.3 Å². The number of aliphatic hydroxyl groups is 2. The minimum atomic E-state index is -4.22.